The maximum Gasteiger partial charge on any atom is 0.352 e. The highest BCUT2D eigenvalue weighted by molar-refractivity contribution is 6.16. The summed E-state index contributed by atoms with van der Waals surface area (Å²) in [4.78, 5) is 28.6. The summed E-state index contributed by atoms with van der Waals surface area (Å²) in [5.74, 6) is -2.46. The molecule has 0 aliphatic carbocycles. The van der Waals surface area contributed by atoms with Crippen molar-refractivity contribution in [2.24, 2.45) is 5.41 Å². The molecule has 230 valence electrons. The van der Waals surface area contributed by atoms with Gasteiger partial charge in [-0.15, -0.1) is 0 Å². The van der Waals surface area contributed by atoms with Gasteiger partial charge in [-0.05, 0) is 73.4 Å². The minimum atomic E-state index is -1.33. The molecule has 2 aromatic rings. The lowest BCUT2D eigenvalue weighted by Gasteiger charge is -2.36. The van der Waals surface area contributed by atoms with Crippen LogP contribution in [0, 0.1) is 12.3 Å². The average Bonchev–Trinajstić information content (AvgIpc) is 2.84. The molecular weight excluding hydrogens is 526 g/mol. The predicted molar refractivity (Wildman–Crippen MR) is 171 cm³/mol. The Labute approximate surface area is 253 Å². The Hall–Kier alpha value is -3.48. The van der Waals surface area contributed by atoms with Crippen molar-refractivity contribution in [1.29, 1.82) is 0 Å². The van der Waals surface area contributed by atoms with E-state index in [1.165, 1.54) is 11.1 Å². The second-order valence-corrected chi connectivity index (χ2v) is 13.8. The number of ether oxygens (including phenoxy) is 2. The molecule has 1 saturated heterocycles. The first kappa shape index (κ1) is 33.0. The zero-order valence-corrected chi connectivity index (χ0v) is 27.4. The third-order valence-corrected chi connectivity index (χ3v) is 7.43. The summed E-state index contributed by atoms with van der Waals surface area (Å²) in [5.41, 5.74) is 4.88. The molecule has 1 unspecified atom stereocenters. The number of carbonyl (C=O) groups excluding carboxylic acids is 2. The topological polar surface area (TPSA) is 79.9 Å². The van der Waals surface area contributed by atoms with Crippen molar-refractivity contribution < 1.29 is 19.1 Å². The first-order valence-corrected chi connectivity index (χ1v) is 15.1. The normalized spacial score (nSPS) is 16.3. The molecule has 3 rings (SSSR count). The first-order chi connectivity index (χ1) is 19.5. The summed E-state index contributed by atoms with van der Waals surface area (Å²) in [5, 5.41) is 7.00. The van der Waals surface area contributed by atoms with Crippen molar-refractivity contribution in [3.05, 3.63) is 70.5 Å². The first-order valence-electron chi connectivity index (χ1n) is 15.1. The number of nitrogens with zero attached hydrogens (tertiary/aromatic N) is 1. The van der Waals surface area contributed by atoms with Crippen LogP contribution in [0.15, 0.2) is 53.9 Å². The standard InChI is InChI=1S/C35H51N3O4/c1-11-12-13-20-35(8,23-26-16-14-25(15-17-26)22-33(3,4)5)37-30(29-31(39)41-34(6,7)42-32(29)40)36-28-19-18-27(38(9)10)21-24(28)2/h14-19,21,36-37H,11-13,20,22-23H2,1-10H3. The summed E-state index contributed by atoms with van der Waals surface area (Å²) in [6.07, 6.45) is 5.74. The molecule has 0 aromatic heterocycles. The smallest absolute Gasteiger partial charge is 0.352 e. The zero-order chi connectivity index (χ0) is 31.3. The lowest BCUT2D eigenvalue weighted by Crippen LogP contribution is -2.49. The number of rotatable bonds is 12. The Bertz CT molecular complexity index is 1270. The van der Waals surface area contributed by atoms with Crippen molar-refractivity contribution in [2.45, 2.75) is 105 Å². The van der Waals surface area contributed by atoms with E-state index in [9.17, 15) is 9.59 Å². The molecule has 0 radical (unpaired) electrons. The maximum atomic E-state index is 13.3. The molecule has 7 heteroatoms. The van der Waals surface area contributed by atoms with Gasteiger partial charge in [-0.3, -0.25) is 0 Å². The highest BCUT2D eigenvalue weighted by atomic mass is 16.7. The van der Waals surface area contributed by atoms with Gasteiger partial charge in [0.1, 0.15) is 5.82 Å². The van der Waals surface area contributed by atoms with Crippen LogP contribution in [0.2, 0.25) is 0 Å². The second-order valence-electron chi connectivity index (χ2n) is 13.8. The lowest BCUT2D eigenvalue weighted by atomic mass is 9.85. The SMILES string of the molecule is CCCCCC(C)(Cc1ccc(CC(C)(C)C)cc1)NC(Nc1ccc(N(C)C)cc1C)=C1C(=O)OC(C)(C)OC1=O. The van der Waals surface area contributed by atoms with Crippen LogP contribution < -0.4 is 15.5 Å². The van der Waals surface area contributed by atoms with Gasteiger partial charge in [-0.1, -0.05) is 71.2 Å². The predicted octanol–water partition coefficient (Wildman–Crippen LogP) is 7.28. The fraction of sp³-hybridized carbons (Fsp3) is 0.543. The number of hydrogen-bond acceptors (Lipinski definition) is 7. The summed E-state index contributed by atoms with van der Waals surface area (Å²) in [6.45, 7) is 16.2. The highest BCUT2D eigenvalue weighted by Crippen LogP contribution is 2.30. The minimum Gasteiger partial charge on any atom is -0.419 e. The third-order valence-electron chi connectivity index (χ3n) is 7.43. The zero-order valence-electron chi connectivity index (χ0n) is 27.4. The van der Waals surface area contributed by atoms with E-state index in [0.29, 0.717) is 12.2 Å². The molecule has 1 aliphatic heterocycles. The Kier molecular flexibility index (Phi) is 10.4. The number of esters is 2. The van der Waals surface area contributed by atoms with Crippen LogP contribution in [0.5, 0.6) is 0 Å². The van der Waals surface area contributed by atoms with Crippen LogP contribution in [-0.4, -0.2) is 37.4 Å². The molecule has 0 saturated carbocycles. The second kappa shape index (κ2) is 13.2. The van der Waals surface area contributed by atoms with E-state index < -0.39 is 23.3 Å². The van der Waals surface area contributed by atoms with Crippen LogP contribution in [0.1, 0.15) is 90.8 Å². The molecular formula is C35H51N3O4. The monoisotopic (exact) mass is 577 g/mol. The van der Waals surface area contributed by atoms with Gasteiger partial charge in [0, 0.05) is 44.9 Å². The van der Waals surface area contributed by atoms with Gasteiger partial charge < -0.3 is 25.0 Å². The van der Waals surface area contributed by atoms with E-state index in [4.69, 9.17) is 9.47 Å². The number of aryl methyl sites for hydroxylation is 1. The summed E-state index contributed by atoms with van der Waals surface area (Å²) < 4.78 is 11.0. The van der Waals surface area contributed by atoms with Crippen molar-refractivity contribution in [2.75, 3.05) is 24.3 Å². The molecule has 1 fully saturated rings. The number of anilines is 2. The van der Waals surface area contributed by atoms with Gasteiger partial charge in [0.15, 0.2) is 5.57 Å². The summed E-state index contributed by atoms with van der Waals surface area (Å²) in [7, 11) is 3.98. The highest BCUT2D eigenvalue weighted by Gasteiger charge is 2.42. The van der Waals surface area contributed by atoms with E-state index in [0.717, 1.165) is 49.0 Å². The number of cyclic esters (lactones) is 2. The average molecular weight is 578 g/mol. The van der Waals surface area contributed by atoms with Gasteiger partial charge in [-0.2, -0.15) is 0 Å². The van der Waals surface area contributed by atoms with Gasteiger partial charge >= 0.3 is 11.9 Å². The quantitative estimate of drug-likeness (QED) is 0.119. The largest absolute Gasteiger partial charge is 0.419 e. The molecule has 0 bridgehead atoms. The van der Waals surface area contributed by atoms with Crippen LogP contribution in [0.25, 0.3) is 0 Å². The van der Waals surface area contributed by atoms with E-state index in [2.05, 4.69) is 75.6 Å². The maximum absolute atomic E-state index is 13.3. The van der Waals surface area contributed by atoms with Crippen molar-refractivity contribution in [3.63, 3.8) is 0 Å². The Morgan fingerprint density at radius 2 is 1.45 bits per heavy atom. The minimum absolute atomic E-state index is 0.160. The van der Waals surface area contributed by atoms with E-state index in [1.54, 1.807) is 13.8 Å². The molecule has 7 nitrogen and oxygen atoms in total. The molecule has 0 spiro atoms. The lowest BCUT2D eigenvalue weighted by molar-refractivity contribution is -0.222. The summed E-state index contributed by atoms with van der Waals surface area (Å²) in [6, 6.07) is 14.8. The Balaban J connectivity index is 2.03. The number of hydrogen-bond donors (Lipinski definition) is 2. The van der Waals surface area contributed by atoms with Gasteiger partial charge in [0.05, 0.1) is 0 Å². The third kappa shape index (κ3) is 9.27. The van der Waals surface area contributed by atoms with E-state index >= 15 is 0 Å². The van der Waals surface area contributed by atoms with Crippen LogP contribution in [-0.2, 0) is 31.9 Å². The molecule has 42 heavy (non-hydrogen) atoms. The number of unbranched alkanes of at least 4 members (excludes halogenated alkanes) is 2. The molecule has 2 aromatic carbocycles. The van der Waals surface area contributed by atoms with Gasteiger partial charge in [0.25, 0.3) is 5.79 Å². The number of carbonyl (C=O) groups is 2. The van der Waals surface area contributed by atoms with E-state index in [-0.39, 0.29) is 11.0 Å². The fourth-order valence-electron chi connectivity index (χ4n) is 5.31. The molecule has 0 amide bonds. The molecule has 2 N–H and O–H groups in total. The Morgan fingerprint density at radius 1 is 0.881 bits per heavy atom. The number of nitrogens with one attached hydrogen (secondary N) is 2. The van der Waals surface area contributed by atoms with Crippen molar-refractivity contribution in [3.8, 4) is 0 Å². The van der Waals surface area contributed by atoms with E-state index in [1.807, 2.05) is 38.1 Å². The molecule has 1 heterocycles. The number of benzene rings is 2. The van der Waals surface area contributed by atoms with Crippen LogP contribution in [0.3, 0.4) is 0 Å². The molecule has 1 atom stereocenters. The Morgan fingerprint density at radius 3 is 1.95 bits per heavy atom. The van der Waals surface area contributed by atoms with Crippen LogP contribution in [0.4, 0.5) is 11.4 Å². The van der Waals surface area contributed by atoms with Crippen molar-refractivity contribution >= 4 is 23.3 Å². The van der Waals surface area contributed by atoms with Gasteiger partial charge in [0.2, 0.25) is 0 Å². The van der Waals surface area contributed by atoms with Crippen molar-refractivity contribution in [1.82, 2.24) is 5.32 Å². The molecule has 1 aliphatic rings. The fourth-order valence-corrected chi connectivity index (χ4v) is 5.31. The summed E-state index contributed by atoms with van der Waals surface area (Å²) >= 11 is 0. The van der Waals surface area contributed by atoms with Crippen LogP contribution >= 0.6 is 0 Å². The van der Waals surface area contributed by atoms with Gasteiger partial charge in [-0.25, -0.2) is 9.59 Å².